The van der Waals surface area contributed by atoms with E-state index in [2.05, 4.69) is 10.2 Å². The van der Waals surface area contributed by atoms with Crippen LogP contribution in [0.15, 0.2) is 0 Å². The van der Waals surface area contributed by atoms with E-state index in [0.717, 1.165) is 50.7 Å². The third-order valence-electron chi connectivity index (χ3n) is 4.77. The van der Waals surface area contributed by atoms with Crippen molar-refractivity contribution in [2.45, 2.75) is 50.7 Å². The maximum atomic E-state index is 12.3. The summed E-state index contributed by atoms with van der Waals surface area (Å²) in [6.45, 7) is 3.90. The van der Waals surface area contributed by atoms with Crippen LogP contribution in [0.1, 0.15) is 38.5 Å². The van der Waals surface area contributed by atoms with Crippen molar-refractivity contribution in [2.75, 3.05) is 32.8 Å². The molecular formula is C15H25N3O2S. The lowest BCUT2D eigenvalue weighted by Gasteiger charge is -2.37. The monoisotopic (exact) mass is 311 g/mol. The summed E-state index contributed by atoms with van der Waals surface area (Å²) in [5, 5.41) is 4.34. The van der Waals surface area contributed by atoms with Crippen LogP contribution in [-0.2, 0) is 9.53 Å². The number of hydrogen-bond acceptors (Lipinski definition) is 3. The van der Waals surface area contributed by atoms with Gasteiger partial charge in [0.1, 0.15) is 6.10 Å². The minimum atomic E-state index is -0.194. The molecule has 0 radical (unpaired) electrons. The number of nitrogens with one attached hydrogen (secondary N) is 1. The highest BCUT2D eigenvalue weighted by Gasteiger charge is 2.31. The van der Waals surface area contributed by atoms with E-state index in [1.54, 1.807) is 0 Å². The van der Waals surface area contributed by atoms with E-state index in [9.17, 15) is 4.79 Å². The Balaban J connectivity index is 1.43. The van der Waals surface area contributed by atoms with E-state index in [-0.39, 0.29) is 12.0 Å². The maximum absolute atomic E-state index is 12.3. The van der Waals surface area contributed by atoms with Gasteiger partial charge in [0.2, 0.25) is 0 Å². The number of piperazine rings is 1. The SMILES string of the molecule is O=C([C@H]1CCCO1)N1CCN(C(=S)NC2CCCC2)CC1. The second-order valence-corrected chi connectivity index (χ2v) is 6.63. The summed E-state index contributed by atoms with van der Waals surface area (Å²) >= 11 is 5.51. The zero-order valence-corrected chi connectivity index (χ0v) is 13.4. The molecule has 3 fully saturated rings. The molecule has 1 saturated carbocycles. The van der Waals surface area contributed by atoms with Gasteiger partial charge in [-0.05, 0) is 37.9 Å². The molecular weight excluding hydrogens is 286 g/mol. The molecule has 2 saturated heterocycles. The summed E-state index contributed by atoms with van der Waals surface area (Å²) in [5.41, 5.74) is 0. The molecule has 1 amide bonds. The first kappa shape index (κ1) is 15.0. The van der Waals surface area contributed by atoms with Crippen molar-refractivity contribution in [1.29, 1.82) is 0 Å². The predicted octanol–water partition coefficient (Wildman–Crippen LogP) is 1.13. The summed E-state index contributed by atoms with van der Waals surface area (Å²) in [5.74, 6) is 0.168. The van der Waals surface area contributed by atoms with Crippen molar-refractivity contribution in [3.8, 4) is 0 Å². The molecule has 21 heavy (non-hydrogen) atoms. The van der Waals surface area contributed by atoms with Crippen molar-refractivity contribution in [2.24, 2.45) is 0 Å². The first-order chi connectivity index (χ1) is 10.2. The predicted molar refractivity (Wildman–Crippen MR) is 85.1 cm³/mol. The molecule has 3 aliphatic rings. The average molecular weight is 311 g/mol. The Morgan fingerprint density at radius 1 is 1.00 bits per heavy atom. The minimum absolute atomic E-state index is 0.168. The third-order valence-corrected chi connectivity index (χ3v) is 5.14. The van der Waals surface area contributed by atoms with Crippen molar-refractivity contribution in [3.05, 3.63) is 0 Å². The molecule has 5 nitrogen and oxygen atoms in total. The number of carbonyl (C=O) groups is 1. The normalized spacial score (nSPS) is 27.1. The Bertz CT molecular complexity index is 384. The van der Waals surface area contributed by atoms with Crippen molar-refractivity contribution >= 4 is 23.2 Å². The average Bonchev–Trinajstić information content (AvgIpc) is 3.20. The van der Waals surface area contributed by atoms with Gasteiger partial charge in [0.15, 0.2) is 5.11 Å². The van der Waals surface area contributed by atoms with Gasteiger partial charge >= 0.3 is 0 Å². The number of thiocarbonyl (C=S) groups is 1. The second-order valence-electron chi connectivity index (χ2n) is 6.24. The highest BCUT2D eigenvalue weighted by Crippen LogP contribution is 2.19. The van der Waals surface area contributed by atoms with Gasteiger partial charge in [0, 0.05) is 38.8 Å². The Hall–Kier alpha value is -0.880. The molecule has 0 aromatic carbocycles. The van der Waals surface area contributed by atoms with Gasteiger partial charge in [-0.25, -0.2) is 0 Å². The van der Waals surface area contributed by atoms with E-state index in [0.29, 0.717) is 6.04 Å². The summed E-state index contributed by atoms with van der Waals surface area (Å²) in [6.07, 6.45) is 6.77. The van der Waals surface area contributed by atoms with Gasteiger partial charge < -0.3 is 19.9 Å². The molecule has 0 aromatic heterocycles. The second kappa shape index (κ2) is 6.92. The van der Waals surface area contributed by atoms with Crippen LogP contribution in [0.2, 0.25) is 0 Å². The molecule has 1 aliphatic carbocycles. The Labute approximate surface area is 132 Å². The summed E-state index contributed by atoms with van der Waals surface area (Å²) in [6, 6.07) is 0.559. The number of amides is 1. The molecule has 118 valence electrons. The number of hydrogen-bond donors (Lipinski definition) is 1. The van der Waals surface area contributed by atoms with Crippen LogP contribution in [0.3, 0.4) is 0 Å². The lowest BCUT2D eigenvalue weighted by molar-refractivity contribution is -0.142. The first-order valence-electron chi connectivity index (χ1n) is 8.20. The van der Waals surface area contributed by atoms with Crippen LogP contribution in [0, 0.1) is 0 Å². The summed E-state index contributed by atoms with van der Waals surface area (Å²) < 4.78 is 5.49. The van der Waals surface area contributed by atoms with Crippen LogP contribution in [0.4, 0.5) is 0 Å². The molecule has 0 aromatic rings. The largest absolute Gasteiger partial charge is 0.368 e. The van der Waals surface area contributed by atoms with Crippen molar-refractivity contribution < 1.29 is 9.53 Å². The number of rotatable bonds is 2. The van der Waals surface area contributed by atoms with Gasteiger partial charge in [-0.1, -0.05) is 12.8 Å². The van der Waals surface area contributed by atoms with E-state index < -0.39 is 0 Å². The van der Waals surface area contributed by atoms with Crippen LogP contribution < -0.4 is 5.32 Å². The van der Waals surface area contributed by atoms with Crippen LogP contribution in [-0.4, -0.2) is 65.8 Å². The molecule has 1 atom stereocenters. The first-order valence-corrected chi connectivity index (χ1v) is 8.61. The fourth-order valence-corrected chi connectivity index (χ4v) is 3.79. The van der Waals surface area contributed by atoms with Crippen LogP contribution in [0.25, 0.3) is 0 Å². The summed E-state index contributed by atoms with van der Waals surface area (Å²) in [7, 11) is 0. The van der Waals surface area contributed by atoms with Crippen LogP contribution in [0.5, 0.6) is 0 Å². The van der Waals surface area contributed by atoms with Crippen molar-refractivity contribution in [3.63, 3.8) is 0 Å². The van der Waals surface area contributed by atoms with Gasteiger partial charge in [0.25, 0.3) is 5.91 Å². The standard InChI is InChI=1S/C15H25N3O2S/c19-14(13-6-3-11-20-13)17-7-9-18(10-8-17)15(21)16-12-4-1-2-5-12/h12-13H,1-11H2,(H,16,21)/t13-/m1/s1. The highest BCUT2D eigenvalue weighted by atomic mass is 32.1. The topological polar surface area (TPSA) is 44.8 Å². The molecule has 1 N–H and O–H groups in total. The lowest BCUT2D eigenvalue weighted by atomic mass is 10.2. The Kier molecular flexibility index (Phi) is 4.95. The van der Waals surface area contributed by atoms with Gasteiger partial charge in [-0.3, -0.25) is 4.79 Å². The Morgan fingerprint density at radius 3 is 2.29 bits per heavy atom. The van der Waals surface area contributed by atoms with E-state index in [1.165, 1.54) is 25.7 Å². The molecule has 0 unspecified atom stereocenters. The zero-order valence-electron chi connectivity index (χ0n) is 12.6. The number of carbonyl (C=O) groups excluding carboxylic acids is 1. The van der Waals surface area contributed by atoms with E-state index in [1.807, 2.05) is 4.90 Å². The minimum Gasteiger partial charge on any atom is -0.368 e. The third kappa shape index (κ3) is 3.66. The number of nitrogens with zero attached hydrogens (tertiary/aromatic N) is 2. The van der Waals surface area contributed by atoms with Gasteiger partial charge in [-0.2, -0.15) is 0 Å². The fraction of sp³-hybridized carbons (Fsp3) is 0.867. The van der Waals surface area contributed by atoms with Crippen LogP contribution >= 0.6 is 12.2 Å². The fourth-order valence-electron chi connectivity index (χ4n) is 3.44. The van der Waals surface area contributed by atoms with Gasteiger partial charge in [0.05, 0.1) is 0 Å². The zero-order chi connectivity index (χ0) is 14.7. The quantitative estimate of drug-likeness (QED) is 0.775. The number of ether oxygens (including phenoxy) is 1. The van der Waals surface area contributed by atoms with Crippen molar-refractivity contribution in [1.82, 2.24) is 15.1 Å². The lowest BCUT2D eigenvalue weighted by Crippen LogP contribution is -2.55. The van der Waals surface area contributed by atoms with E-state index >= 15 is 0 Å². The molecule has 2 heterocycles. The molecule has 0 spiro atoms. The molecule has 2 aliphatic heterocycles. The smallest absolute Gasteiger partial charge is 0.251 e. The maximum Gasteiger partial charge on any atom is 0.251 e. The molecule has 6 heteroatoms. The van der Waals surface area contributed by atoms with E-state index in [4.69, 9.17) is 17.0 Å². The molecule has 3 rings (SSSR count). The summed E-state index contributed by atoms with van der Waals surface area (Å²) in [4.78, 5) is 16.4. The highest BCUT2D eigenvalue weighted by molar-refractivity contribution is 7.80. The van der Waals surface area contributed by atoms with Gasteiger partial charge in [-0.15, -0.1) is 0 Å². The Morgan fingerprint density at radius 2 is 1.67 bits per heavy atom. The molecule has 0 bridgehead atoms.